The third-order valence-electron chi connectivity index (χ3n) is 3.53. The average Bonchev–Trinajstić information content (AvgIpc) is 2.77. The molecule has 1 aliphatic rings. The third kappa shape index (κ3) is 5.47. The number of nitrogens with zero attached hydrogens (tertiary/aromatic N) is 2. The summed E-state index contributed by atoms with van der Waals surface area (Å²) in [4.78, 5) is 6.91. The monoisotopic (exact) mass is 308 g/mol. The zero-order valence-corrected chi connectivity index (χ0v) is 13.4. The molecule has 0 saturated carbocycles. The number of aromatic nitrogens is 1. The second-order valence-electron chi connectivity index (χ2n) is 5.18. The van der Waals surface area contributed by atoms with Crippen molar-refractivity contribution in [2.75, 3.05) is 43.6 Å². The number of hydrogen-bond donors (Lipinski definition) is 2. The molecule has 0 bridgehead atoms. The Morgan fingerprint density at radius 1 is 1.29 bits per heavy atom. The van der Waals surface area contributed by atoms with Crippen LogP contribution in [0.25, 0.3) is 0 Å². The maximum absolute atomic E-state index is 5.21. The van der Waals surface area contributed by atoms with Crippen LogP contribution in [0.1, 0.15) is 25.7 Å². The van der Waals surface area contributed by atoms with Crippen LogP contribution < -0.4 is 15.5 Å². The first-order valence-electron chi connectivity index (χ1n) is 7.54. The maximum atomic E-state index is 5.21. The molecule has 1 fully saturated rings. The normalized spacial score (nSPS) is 15.4. The Morgan fingerprint density at radius 3 is 2.67 bits per heavy atom. The van der Waals surface area contributed by atoms with Gasteiger partial charge < -0.3 is 20.3 Å². The van der Waals surface area contributed by atoms with Gasteiger partial charge in [0.25, 0.3) is 0 Å². The Kier molecular flexibility index (Phi) is 6.69. The van der Waals surface area contributed by atoms with E-state index >= 15 is 0 Å². The highest BCUT2D eigenvalue weighted by molar-refractivity contribution is 7.80. The molecule has 0 amide bonds. The Bertz CT molecular complexity index is 430. The van der Waals surface area contributed by atoms with Crippen LogP contribution in [0.15, 0.2) is 18.3 Å². The van der Waals surface area contributed by atoms with Crippen molar-refractivity contribution in [2.45, 2.75) is 25.7 Å². The van der Waals surface area contributed by atoms with Crippen LogP contribution in [0.3, 0.4) is 0 Å². The van der Waals surface area contributed by atoms with Crippen molar-refractivity contribution in [3.63, 3.8) is 0 Å². The van der Waals surface area contributed by atoms with Gasteiger partial charge in [0, 0.05) is 26.7 Å². The molecule has 1 aromatic rings. The molecule has 2 rings (SSSR count). The molecule has 0 aliphatic carbocycles. The summed E-state index contributed by atoms with van der Waals surface area (Å²) < 4.78 is 4.97. The lowest BCUT2D eigenvalue weighted by Crippen LogP contribution is -2.31. The average molecular weight is 308 g/mol. The van der Waals surface area contributed by atoms with Gasteiger partial charge in [0.1, 0.15) is 5.82 Å². The van der Waals surface area contributed by atoms with Crippen molar-refractivity contribution in [1.82, 2.24) is 10.3 Å². The lowest BCUT2D eigenvalue weighted by atomic mass is 10.2. The van der Waals surface area contributed by atoms with Crippen LogP contribution >= 0.6 is 12.2 Å². The Labute approximate surface area is 132 Å². The first kappa shape index (κ1) is 16.0. The van der Waals surface area contributed by atoms with E-state index in [2.05, 4.69) is 26.6 Å². The second-order valence-corrected chi connectivity index (χ2v) is 5.59. The number of anilines is 2. The van der Waals surface area contributed by atoms with Crippen molar-refractivity contribution in [1.29, 1.82) is 0 Å². The van der Waals surface area contributed by atoms with E-state index in [0.717, 1.165) is 24.6 Å². The van der Waals surface area contributed by atoms with Crippen LogP contribution in [0.5, 0.6) is 0 Å². The lowest BCUT2D eigenvalue weighted by Gasteiger charge is -2.21. The van der Waals surface area contributed by atoms with Crippen LogP contribution in [0.4, 0.5) is 11.5 Å². The third-order valence-corrected chi connectivity index (χ3v) is 3.77. The quantitative estimate of drug-likeness (QED) is 0.643. The molecule has 21 heavy (non-hydrogen) atoms. The molecule has 0 radical (unpaired) electrons. The number of ether oxygens (including phenoxy) is 1. The smallest absolute Gasteiger partial charge is 0.170 e. The van der Waals surface area contributed by atoms with E-state index in [9.17, 15) is 0 Å². The topological polar surface area (TPSA) is 49.4 Å². The van der Waals surface area contributed by atoms with Gasteiger partial charge in [-0.2, -0.15) is 0 Å². The molecule has 1 aliphatic heterocycles. The van der Waals surface area contributed by atoms with Gasteiger partial charge >= 0.3 is 0 Å². The van der Waals surface area contributed by atoms with E-state index in [4.69, 9.17) is 17.0 Å². The summed E-state index contributed by atoms with van der Waals surface area (Å²) in [5, 5.41) is 6.80. The second kappa shape index (κ2) is 8.79. The van der Waals surface area contributed by atoms with Crippen molar-refractivity contribution in [2.24, 2.45) is 0 Å². The summed E-state index contributed by atoms with van der Waals surface area (Å²) in [5.74, 6) is 1.06. The minimum Gasteiger partial charge on any atom is -0.383 e. The highest BCUT2D eigenvalue weighted by Gasteiger charge is 2.10. The first-order chi connectivity index (χ1) is 10.3. The number of nitrogens with one attached hydrogen (secondary N) is 2. The highest BCUT2D eigenvalue weighted by atomic mass is 32.1. The molecule has 0 atom stereocenters. The van der Waals surface area contributed by atoms with E-state index in [1.54, 1.807) is 7.11 Å². The fourth-order valence-corrected chi connectivity index (χ4v) is 2.61. The van der Waals surface area contributed by atoms with Gasteiger partial charge in [0.05, 0.1) is 18.5 Å². The van der Waals surface area contributed by atoms with E-state index in [-0.39, 0.29) is 0 Å². The molecule has 2 heterocycles. The number of pyridine rings is 1. The summed E-state index contributed by atoms with van der Waals surface area (Å²) in [6.07, 6.45) is 7.02. The standard InChI is InChI=1S/C15H24N4OS/c1-20-11-8-16-15(21)18-13-6-7-14(17-12-13)19-9-4-2-3-5-10-19/h6-7,12H,2-5,8-11H2,1H3,(H2,16,18,21). The van der Waals surface area contributed by atoms with Gasteiger partial charge in [-0.3, -0.25) is 0 Å². The Morgan fingerprint density at radius 2 is 2.05 bits per heavy atom. The molecule has 0 aromatic carbocycles. The minimum atomic E-state index is 0.594. The predicted octanol–water partition coefficient (Wildman–Crippen LogP) is 2.39. The number of methoxy groups -OCH3 is 1. The SMILES string of the molecule is COCCNC(=S)Nc1ccc(N2CCCCCC2)nc1. The zero-order valence-electron chi connectivity index (χ0n) is 12.6. The van der Waals surface area contributed by atoms with E-state index in [1.807, 2.05) is 12.3 Å². The fourth-order valence-electron chi connectivity index (χ4n) is 2.39. The number of rotatable bonds is 5. The molecular formula is C15H24N4OS. The molecule has 116 valence electrons. The molecule has 0 unspecified atom stereocenters. The summed E-state index contributed by atoms with van der Waals surface area (Å²) in [6, 6.07) is 4.09. The fraction of sp³-hybridized carbons (Fsp3) is 0.600. The van der Waals surface area contributed by atoms with Gasteiger partial charge in [-0.1, -0.05) is 12.8 Å². The van der Waals surface area contributed by atoms with Crippen molar-refractivity contribution >= 4 is 28.8 Å². The van der Waals surface area contributed by atoms with Crippen LogP contribution in [-0.4, -0.2) is 43.4 Å². The molecule has 5 nitrogen and oxygen atoms in total. The zero-order chi connectivity index (χ0) is 14.9. The summed E-state index contributed by atoms with van der Waals surface area (Å²) >= 11 is 5.21. The van der Waals surface area contributed by atoms with Crippen LogP contribution in [-0.2, 0) is 4.74 Å². The molecular weight excluding hydrogens is 284 g/mol. The summed E-state index contributed by atoms with van der Waals surface area (Å²) in [7, 11) is 1.67. The van der Waals surface area contributed by atoms with E-state index < -0.39 is 0 Å². The summed E-state index contributed by atoms with van der Waals surface area (Å²) in [6.45, 7) is 3.54. The van der Waals surface area contributed by atoms with Gasteiger partial charge in [-0.25, -0.2) is 4.98 Å². The van der Waals surface area contributed by atoms with Gasteiger partial charge in [0.2, 0.25) is 0 Å². The molecule has 1 aromatic heterocycles. The van der Waals surface area contributed by atoms with Crippen molar-refractivity contribution < 1.29 is 4.74 Å². The van der Waals surface area contributed by atoms with E-state index in [0.29, 0.717) is 18.3 Å². The van der Waals surface area contributed by atoms with Gasteiger partial charge in [-0.15, -0.1) is 0 Å². The Hall–Kier alpha value is -1.40. The van der Waals surface area contributed by atoms with Crippen molar-refractivity contribution in [3.8, 4) is 0 Å². The molecule has 1 saturated heterocycles. The van der Waals surface area contributed by atoms with Crippen molar-refractivity contribution in [3.05, 3.63) is 18.3 Å². The largest absolute Gasteiger partial charge is 0.383 e. The minimum absolute atomic E-state index is 0.594. The maximum Gasteiger partial charge on any atom is 0.170 e. The summed E-state index contributed by atoms with van der Waals surface area (Å²) in [5.41, 5.74) is 0.906. The van der Waals surface area contributed by atoms with Gasteiger partial charge in [0.15, 0.2) is 5.11 Å². The Balaban J connectivity index is 1.84. The molecule has 0 spiro atoms. The molecule has 6 heteroatoms. The van der Waals surface area contributed by atoms with E-state index in [1.165, 1.54) is 25.7 Å². The highest BCUT2D eigenvalue weighted by Crippen LogP contribution is 2.18. The number of hydrogen-bond acceptors (Lipinski definition) is 4. The number of thiocarbonyl (C=S) groups is 1. The molecule has 2 N–H and O–H groups in total. The lowest BCUT2D eigenvalue weighted by molar-refractivity contribution is 0.204. The predicted molar refractivity (Wildman–Crippen MR) is 91.0 cm³/mol. The van der Waals surface area contributed by atoms with Gasteiger partial charge in [-0.05, 0) is 37.2 Å². The van der Waals surface area contributed by atoms with Crippen LogP contribution in [0, 0.1) is 0 Å². The van der Waals surface area contributed by atoms with Crippen LogP contribution in [0.2, 0.25) is 0 Å². The first-order valence-corrected chi connectivity index (χ1v) is 7.95.